The molecular weight excluding hydrogens is 200 g/mol. The lowest BCUT2D eigenvalue weighted by Crippen LogP contribution is -2.11. The highest BCUT2D eigenvalue weighted by Crippen LogP contribution is 2.26. The van der Waals surface area contributed by atoms with E-state index in [0.29, 0.717) is 6.54 Å². The second-order valence-corrected chi connectivity index (χ2v) is 4.56. The van der Waals surface area contributed by atoms with Gasteiger partial charge in [-0.05, 0) is 37.8 Å². The molecular formula is C13H20N2O. The Balaban J connectivity index is 1.97. The summed E-state index contributed by atoms with van der Waals surface area (Å²) in [4.78, 5) is 4.39. The van der Waals surface area contributed by atoms with Crippen LogP contribution in [0.25, 0.3) is 0 Å². The molecule has 0 atom stereocenters. The van der Waals surface area contributed by atoms with Gasteiger partial charge in [-0.15, -0.1) is 0 Å². The van der Waals surface area contributed by atoms with Crippen molar-refractivity contribution in [2.75, 3.05) is 6.61 Å². The number of pyridine rings is 1. The first-order valence-electron chi connectivity index (χ1n) is 6.09. The van der Waals surface area contributed by atoms with Gasteiger partial charge in [-0.3, -0.25) is 4.98 Å². The minimum atomic E-state index is 0.446. The first-order valence-corrected chi connectivity index (χ1v) is 6.09. The topological polar surface area (TPSA) is 48.1 Å². The van der Waals surface area contributed by atoms with E-state index in [2.05, 4.69) is 4.98 Å². The standard InChI is InChI=1S/C13H20N2O/c1-10-6-7-13(12(8-14)15-10)16-9-11-4-2-3-5-11/h6-7,11H,2-5,8-9,14H2,1H3. The lowest BCUT2D eigenvalue weighted by molar-refractivity contribution is 0.249. The first kappa shape index (κ1) is 11.4. The Hall–Kier alpha value is -1.09. The predicted octanol–water partition coefficient (Wildman–Crippen LogP) is 2.42. The number of hydrogen-bond donors (Lipinski definition) is 1. The summed E-state index contributed by atoms with van der Waals surface area (Å²) in [7, 11) is 0. The smallest absolute Gasteiger partial charge is 0.142 e. The fraction of sp³-hybridized carbons (Fsp3) is 0.615. The fourth-order valence-electron chi connectivity index (χ4n) is 2.26. The van der Waals surface area contributed by atoms with Crippen LogP contribution in [0.3, 0.4) is 0 Å². The molecule has 0 aliphatic heterocycles. The van der Waals surface area contributed by atoms with Crippen molar-refractivity contribution in [2.24, 2.45) is 11.7 Å². The highest BCUT2D eigenvalue weighted by Gasteiger charge is 2.16. The summed E-state index contributed by atoms with van der Waals surface area (Å²) in [5.41, 5.74) is 7.53. The number of ether oxygens (including phenoxy) is 1. The molecule has 1 aromatic rings. The molecule has 2 rings (SSSR count). The Morgan fingerprint density at radius 2 is 2.12 bits per heavy atom. The van der Waals surface area contributed by atoms with E-state index >= 15 is 0 Å². The fourth-order valence-corrected chi connectivity index (χ4v) is 2.26. The van der Waals surface area contributed by atoms with E-state index in [-0.39, 0.29) is 0 Å². The van der Waals surface area contributed by atoms with Crippen LogP contribution in [0.5, 0.6) is 5.75 Å². The molecule has 0 bridgehead atoms. The van der Waals surface area contributed by atoms with Crippen LogP contribution >= 0.6 is 0 Å². The number of nitrogens with zero attached hydrogens (tertiary/aromatic N) is 1. The van der Waals surface area contributed by atoms with Crippen LogP contribution in [0.1, 0.15) is 37.1 Å². The van der Waals surface area contributed by atoms with Gasteiger partial charge >= 0.3 is 0 Å². The van der Waals surface area contributed by atoms with E-state index in [9.17, 15) is 0 Å². The van der Waals surface area contributed by atoms with Gasteiger partial charge in [0.25, 0.3) is 0 Å². The van der Waals surface area contributed by atoms with Crippen LogP contribution in [0.15, 0.2) is 12.1 Å². The van der Waals surface area contributed by atoms with Crippen molar-refractivity contribution >= 4 is 0 Å². The molecule has 1 saturated carbocycles. The van der Waals surface area contributed by atoms with Gasteiger partial charge in [-0.25, -0.2) is 0 Å². The van der Waals surface area contributed by atoms with Crippen LogP contribution in [0, 0.1) is 12.8 Å². The summed E-state index contributed by atoms with van der Waals surface area (Å²) in [6.45, 7) is 3.24. The highest BCUT2D eigenvalue weighted by molar-refractivity contribution is 5.29. The van der Waals surface area contributed by atoms with Crippen LogP contribution in [-0.2, 0) is 6.54 Å². The second-order valence-electron chi connectivity index (χ2n) is 4.56. The highest BCUT2D eigenvalue weighted by atomic mass is 16.5. The van der Waals surface area contributed by atoms with Crippen LogP contribution in [0.2, 0.25) is 0 Å². The summed E-state index contributed by atoms with van der Waals surface area (Å²) in [5, 5.41) is 0. The molecule has 0 spiro atoms. The molecule has 3 nitrogen and oxygen atoms in total. The van der Waals surface area contributed by atoms with Gasteiger partial charge in [0.05, 0.1) is 12.3 Å². The van der Waals surface area contributed by atoms with Crippen molar-refractivity contribution < 1.29 is 4.74 Å². The first-order chi connectivity index (χ1) is 7.79. The predicted molar refractivity (Wildman–Crippen MR) is 64.3 cm³/mol. The van der Waals surface area contributed by atoms with Crippen molar-refractivity contribution in [1.29, 1.82) is 0 Å². The summed E-state index contributed by atoms with van der Waals surface area (Å²) >= 11 is 0. The molecule has 1 heterocycles. The molecule has 1 aliphatic rings. The molecule has 1 aliphatic carbocycles. The third-order valence-corrected chi connectivity index (χ3v) is 3.21. The Bertz CT molecular complexity index is 346. The van der Waals surface area contributed by atoms with Crippen molar-refractivity contribution in [3.8, 4) is 5.75 Å². The van der Waals surface area contributed by atoms with E-state index in [1.807, 2.05) is 19.1 Å². The Kier molecular flexibility index (Phi) is 3.78. The number of aryl methyl sites for hydroxylation is 1. The largest absolute Gasteiger partial charge is 0.491 e. The van der Waals surface area contributed by atoms with E-state index in [0.717, 1.165) is 29.7 Å². The third kappa shape index (κ3) is 2.73. The van der Waals surface area contributed by atoms with Crippen molar-refractivity contribution in [3.05, 3.63) is 23.5 Å². The Morgan fingerprint density at radius 1 is 1.38 bits per heavy atom. The second kappa shape index (κ2) is 5.30. The zero-order chi connectivity index (χ0) is 11.4. The van der Waals surface area contributed by atoms with Gasteiger partial charge in [0.2, 0.25) is 0 Å². The molecule has 1 fully saturated rings. The van der Waals surface area contributed by atoms with Crippen molar-refractivity contribution in [3.63, 3.8) is 0 Å². The molecule has 1 aromatic heterocycles. The molecule has 2 N–H and O–H groups in total. The van der Waals surface area contributed by atoms with Gasteiger partial charge in [0.15, 0.2) is 0 Å². The Labute approximate surface area is 97.0 Å². The summed E-state index contributed by atoms with van der Waals surface area (Å²) in [6.07, 6.45) is 5.31. The number of rotatable bonds is 4. The SMILES string of the molecule is Cc1ccc(OCC2CCCC2)c(CN)n1. The molecule has 16 heavy (non-hydrogen) atoms. The maximum atomic E-state index is 5.82. The third-order valence-electron chi connectivity index (χ3n) is 3.21. The van der Waals surface area contributed by atoms with E-state index in [1.54, 1.807) is 0 Å². The number of nitrogens with two attached hydrogens (primary N) is 1. The van der Waals surface area contributed by atoms with Gasteiger partial charge in [-0.2, -0.15) is 0 Å². The Morgan fingerprint density at radius 3 is 2.81 bits per heavy atom. The number of hydrogen-bond acceptors (Lipinski definition) is 3. The van der Waals surface area contributed by atoms with Crippen LogP contribution < -0.4 is 10.5 Å². The van der Waals surface area contributed by atoms with Gasteiger partial charge < -0.3 is 10.5 Å². The average molecular weight is 220 g/mol. The molecule has 88 valence electrons. The number of aromatic nitrogens is 1. The molecule has 0 radical (unpaired) electrons. The minimum Gasteiger partial charge on any atom is -0.491 e. The van der Waals surface area contributed by atoms with Crippen molar-refractivity contribution in [1.82, 2.24) is 4.98 Å². The normalized spacial score (nSPS) is 16.6. The summed E-state index contributed by atoms with van der Waals surface area (Å²) < 4.78 is 5.82. The average Bonchev–Trinajstić information content (AvgIpc) is 2.80. The van der Waals surface area contributed by atoms with Gasteiger partial charge in [0, 0.05) is 12.2 Å². The lowest BCUT2D eigenvalue weighted by Gasteiger charge is -2.13. The van der Waals surface area contributed by atoms with Crippen LogP contribution in [0.4, 0.5) is 0 Å². The van der Waals surface area contributed by atoms with Gasteiger partial charge in [-0.1, -0.05) is 12.8 Å². The maximum absolute atomic E-state index is 5.82. The van der Waals surface area contributed by atoms with E-state index in [4.69, 9.17) is 10.5 Å². The molecule has 3 heteroatoms. The molecule has 0 unspecified atom stereocenters. The van der Waals surface area contributed by atoms with E-state index < -0.39 is 0 Å². The van der Waals surface area contributed by atoms with E-state index in [1.165, 1.54) is 25.7 Å². The maximum Gasteiger partial charge on any atom is 0.142 e. The monoisotopic (exact) mass is 220 g/mol. The lowest BCUT2D eigenvalue weighted by atomic mass is 10.1. The summed E-state index contributed by atoms with van der Waals surface area (Å²) in [5.74, 6) is 1.59. The molecule has 0 amide bonds. The van der Waals surface area contributed by atoms with Crippen LogP contribution in [-0.4, -0.2) is 11.6 Å². The molecule has 0 saturated heterocycles. The summed E-state index contributed by atoms with van der Waals surface area (Å²) in [6, 6.07) is 3.96. The zero-order valence-corrected chi connectivity index (χ0v) is 9.91. The van der Waals surface area contributed by atoms with Gasteiger partial charge in [0.1, 0.15) is 5.75 Å². The quantitative estimate of drug-likeness (QED) is 0.847. The zero-order valence-electron chi connectivity index (χ0n) is 9.91. The minimum absolute atomic E-state index is 0.446. The van der Waals surface area contributed by atoms with Crippen molar-refractivity contribution in [2.45, 2.75) is 39.2 Å². The molecule has 0 aromatic carbocycles.